The van der Waals surface area contributed by atoms with E-state index >= 15 is 4.39 Å². The maximum absolute atomic E-state index is 15.2. The van der Waals surface area contributed by atoms with Crippen molar-refractivity contribution in [3.05, 3.63) is 45.4 Å². The zero-order chi connectivity index (χ0) is 32.7. The third-order valence-electron chi connectivity index (χ3n) is 6.98. The van der Waals surface area contributed by atoms with Crippen LogP contribution in [0.5, 0.6) is 0 Å². The number of hydrogen-bond donors (Lipinski definition) is 3. The fourth-order valence-corrected chi connectivity index (χ4v) is 5.73. The Morgan fingerprint density at radius 1 is 1.15 bits per heavy atom. The number of unbranched alkanes of at least 4 members (excludes halogenated alkanes) is 1. The molecule has 5 N–H and O–H groups in total. The summed E-state index contributed by atoms with van der Waals surface area (Å²) in [4.78, 5) is 78.0. The highest BCUT2D eigenvalue weighted by atomic mass is 35.5. The molecule has 1 aromatic carbocycles. The van der Waals surface area contributed by atoms with Gasteiger partial charge in [0.05, 0.1) is 47.1 Å². The van der Waals surface area contributed by atoms with E-state index in [-0.39, 0.29) is 74.5 Å². The molecule has 250 valence electrons. The molecule has 4 rings (SSSR count). The van der Waals surface area contributed by atoms with Crippen molar-refractivity contribution in [2.24, 2.45) is 11.5 Å². The lowest BCUT2D eigenvalue weighted by molar-refractivity contribution is -0.129. The maximum Gasteiger partial charge on any atom is 0.414 e. The Hall–Kier alpha value is -3.83. The smallest absolute Gasteiger partial charge is 0.414 e. The molecule has 0 unspecified atom stereocenters. The first-order chi connectivity index (χ1) is 21.4. The number of nitrogens with two attached hydrogens (primary N) is 2. The van der Waals surface area contributed by atoms with Crippen molar-refractivity contribution in [2.75, 3.05) is 49.2 Å². The number of halogens is 3. The van der Waals surface area contributed by atoms with Gasteiger partial charge in [0.25, 0.3) is 11.8 Å². The molecule has 2 atom stereocenters. The summed E-state index contributed by atoms with van der Waals surface area (Å²) in [6.07, 6.45) is -1.55. The van der Waals surface area contributed by atoms with Crippen LogP contribution < -0.4 is 26.6 Å². The van der Waals surface area contributed by atoms with E-state index in [1.54, 1.807) is 0 Å². The van der Waals surface area contributed by atoms with Crippen molar-refractivity contribution in [3.63, 3.8) is 0 Å². The third-order valence-corrected chi connectivity index (χ3v) is 8.20. The Morgan fingerprint density at radius 3 is 2.57 bits per heavy atom. The summed E-state index contributed by atoms with van der Waals surface area (Å²) < 4.78 is 26.0. The first-order valence-electron chi connectivity index (χ1n) is 14.0. The maximum atomic E-state index is 15.2. The van der Waals surface area contributed by atoms with E-state index in [1.165, 1.54) is 29.2 Å². The average Bonchev–Trinajstić information content (AvgIpc) is 3.59. The van der Waals surface area contributed by atoms with Gasteiger partial charge in [-0.3, -0.25) is 33.8 Å². The molecule has 6 amide bonds. The second-order valence-electron chi connectivity index (χ2n) is 10.3. The molecule has 0 aliphatic carbocycles. The van der Waals surface area contributed by atoms with Gasteiger partial charge >= 0.3 is 6.09 Å². The van der Waals surface area contributed by atoms with Crippen LogP contribution in [0.1, 0.15) is 35.4 Å². The van der Waals surface area contributed by atoms with Gasteiger partial charge < -0.3 is 31.2 Å². The summed E-state index contributed by atoms with van der Waals surface area (Å²) in [5.74, 6) is -3.53. The number of primary amides is 1. The van der Waals surface area contributed by atoms with Crippen LogP contribution in [0.15, 0.2) is 30.3 Å². The normalized spacial score (nSPS) is 16.8. The van der Waals surface area contributed by atoms with Gasteiger partial charge in [-0.1, -0.05) is 11.6 Å². The number of thiophene rings is 1. The highest BCUT2D eigenvalue weighted by Gasteiger charge is 2.38. The highest BCUT2D eigenvalue weighted by Crippen LogP contribution is 2.30. The van der Waals surface area contributed by atoms with Crippen molar-refractivity contribution in [1.29, 1.82) is 0 Å². The lowest BCUT2D eigenvalue weighted by Gasteiger charge is -2.27. The quantitative estimate of drug-likeness (QED) is 0.261. The minimum atomic E-state index is -1.08. The monoisotopic (exact) mass is 702 g/mol. The Kier molecular flexibility index (Phi) is 13.3. The predicted octanol–water partition coefficient (Wildman–Crippen LogP) is 1.81. The summed E-state index contributed by atoms with van der Waals surface area (Å²) >= 11 is 6.98. The van der Waals surface area contributed by atoms with Crippen molar-refractivity contribution in [3.8, 4) is 0 Å². The van der Waals surface area contributed by atoms with E-state index in [9.17, 15) is 28.8 Å². The molecule has 0 bridgehead atoms. The first-order valence-corrected chi connectivity index (χ1v) is 15.2. The molecule has 18 heteroatoms. The van der Waals surface area contributed by atoms with E-state index in [0.717, 1.165) is 27.2 Å². The topological polar surface area (TPSA) is 195 Å². The SMILES string of the molecule is Cl.NC(=O)C[C@H](N)C(=O)NCCCCC(=O)N(C[C@H]1CN(c2ccc(N3CCOCC3=O)cc2F)C(=O)O1)C(=O)c1ccc(Cl)s1. The molecular formula is C28H33Cl2FN6O8S. The zero-order valence-electron chi connectivity index (χ0n) is 24.4. The van der Waals surface area contributed by atoms with Crippen LogP contribution in [0.4, 0.5) is 20.6 Å². The molecule has 0 spiro atoms. The summed E-state index contributed by atoms with van der Waals surface area (Å²) in [6.45, 7) is 0.190. The number of amides is 6. The number of imide groups is 1. The molecular weight excluding hydrogens is 670 g/mol. The second kappa shape index (κ2) is 16.6. The molecule has 2 aliphatic rings. The van der Waals surface area contributed by atoms with Gasteiger partial charge in [0.2, 0.25) is 17.7 Å². The minimum absolute atomic E-state index is 0. The van der Waals surface area contributed by atoms with Crippen LogP contribution in [-0.4, -0.2) is 92.1 Å². The molecule has 2 saturated heterocycles. The molecule has 2 aliphatic heterocycles. The number of ether oxygens (including phenoxy) is 2. The van der Waals surface area contributed by atoms with Crippen molar-refractivity contribution < 1.29 is 42.6 Å². The largest absolute Gasteiger partial charge is 0.442 e. The Balaban J connectivity index is 0.00000576. The number of rotatable bonds is 13. The fraction of sp³-hybridized carbons (Fsp3) is 0.429. The van der Waals surface area contributed by atoms with Gasteiger partial charge in [-0.2, -0.15) is 0 Å². The molecule has 46 heavy (non-hydrogen) atoms. The average molecular weight is 704 g/mol. The van der Waals surface area contributed by atoms with E-state index in [1.807, 2.05) is 0 Å². The number of hydrogen-bond acceptors (Lipinski definition) is 10. The Morgan fingerprint density at radius 2 is 1.91 bits per heavy atom. The summed E-state index contributed by atoms with van der Waals surface area (Å²) in [6, 6.07) is 5.93. The number of anilines is 2. The van der Waals surface area contributed by atoms with Crippen LogP contribution in [0.3, 0.4) is 0 Å². The van der Waals surface area contributed by atoms with Gasteiger partial charge in [0.15, 0.2) is 0 Å². The number of nitrogens with one attached hydrogen (secondary N) is 1. The lowest BCUT2D eigenvalue weighted by atomic mass is 10.1. The van der Waals surface area contributed by atoms with E-state index in [0.29, 0.717) is 29.5 Å². The molecule has 14 nitrogen and oxygen atoms in total. The van der Waals surface area contributed by atoms with Gasteiger partial charge in [-0.15, -0.1) is 23.7 Å². The van der Waals surface area contributed by atoms with Crippen LogP contribution in [-0.2, 0) is 28.7 Å². The minimum Gasteiger partial charge on any atom is -0.442 e. The molecule has 2 fully saturated rings. The number of carbonyl (C=O) groups is 6. The second-order valence-corrected chi connectivity index (χ2v) is 12.0. The fourth-order valence-electron chi connectivity index (χ4n) is 4.74. The molecule has 2 aromatic rings. The van der Waals surface area contributed by atoms with E-state index < -0.39 is 47.7 Å². The molecule has 1 aromatic heterocycles. The van der Waals surface area contributed by atoms with Gasteiger partial charge in [0, 0.05) is 25.2 Å². The van der Waals surface area contributed by atoms with Crippen LogP contribution >= 0.6 is 35.3 Å². The standard InChI is InChI=1S/C28H32ClFN6O8S.ClH/c29-22-7-6-21(45-22)27(41)36(24(38)3-1-2-8-33-26(40)19(31)12-23(32)37)14-17-13-35(28(42)44-17)20-5-4-16(11-18(20)30)34-9-10-43-15-25(34)39;/h4-7,11,17,19H,1-3,8-10,12-15,31H2,(H2,32,37)(H,33,40);1H/t17-,19+;/m1./s1. The van der Waals surface area contributed by atoms with Gasteiger partial charge in [-0.05, 0) is 43.2 Å². The number of benzene rings is 1. The Labute approximate surface area is 278 Å². The predicted molar refractivity (Wildman–Crippen MR) is 168 cm³/mol. The first kappa shape index (κ1) is 36.6. The van der Waals surface area contributed by atoms with Crippen molar-refractivity contribution in [2.45, 2.75) is 37.8 Å². The number of nitrogens with zero attached hydrogens (tertiary/aromatic N) is 3. The van der Waals surface area contributed by atoms with Crippen molar-refractivity contribution in [1.82, 2.24) is 10.2 Å². The highest BCUT2D eigenvalue weighted by molar-refractivity contribution is 7.18. The van der Waals surface area contributed by atoms with E-state index in [2.05, 4.69) is 5.32 Å². The zero-order valence-corrected chi connectivity index (χ0v) is 26.8. The van der Waals surface area contributed by atoms with E-state index in [4.69, 9.17) is 32.5 Å². The summed E-state index contributed by atoms with van der Waals surface area (Å²) in [5, 5.41) is 2.56. The summed E-state index contributed by atoms with van der Waals surface area (Å²) in [5.41, 5.74) is 10.9. The third kappa shape index (κ3) is 9.35. The van der Waals surface area contributed by atoms with Crippen LogP contribution in [0.25, 0.3) is 0 Å². The number of carbonyl (C=O) groups excluding carboxylic acids is 6. The van der Waals surface area contributed by atoms with Gasteiger partial charge in [0.1, 0.15) is 18.5 Å². The number of morpholine rings is 1. The summed E-state index contributed by atoms with van der Waals surface area (Å²) in [7, 11) is 0. The lowest BCUT2D eigenvalue weighted by Crippen LogP contribution is -2.43. The Bertz CT molecular complexity index is 1480. The molecule has 0 saturated carbocycles. The number of cyclic esters (lactones) is 1. The van der Waals surface area contributed by atoms with Crippen molar-refractivity contribution >= 4 is 82.3 Å². The molecule has 0 radical (unpaired) electrons. The van der Waals surface area contributed by atoms with Gasteiger partial charge in [-0.25, -0.2) is 9.18 Å². The molecule has 3 heterocycles. The van der Waals surface area contributed by atoms with Crippen LogP contribution in [0.2, 0.25) is 4.34 Å². The van der Waals surface area contributed by atoms with Crippen LogP contribution in [0, 0.1) is 5.82 Å².